The zero-order valence-electron chi connectivity index (χ0n) is 18.4. The summed E-state index contributed by atoms with van der Waals surface area (Å²) < 4.78 is 0. The molecule has 184 valence electrons. The van der Waals surface area contributed by atoms with Crippen LogP contribution in [0, 0.1) is 5.92 Å². The number of hydrogen-bond donors (Lipinski definition) is 8. The molecule has 1 rings (SSSR count). The molecular weight excluding hydrogens is 438 g/mol. The van der Waals surface area contributed by atoms with Gasteiger partial charge >= 0.3 is 5.97 Å². The summed E-state index contributed by atoms with van der Waals surface area (Å²) in [5.41, 5.74) is 11.5. The van der Waals surface area contributed by atoms with Crippen LogP contribution in [0.3, 0.4) is 0 Å². The third-order valence-corrected chi connectivity index (χ3v) is 4.96. The zero-order valence-corrected chi connectivity index (χ0v) is 18.4. The second kappa shape index (κ2) is 13.1. The highest BCUT2D eigenvalue weighted by Gasteiger charge is 2.32. The molecule has 1 aromatic heterocycles. The molecular formula is C19H31N7O7. The number of H-pyrrole nitrogens is 1. The van der Waals surface area contributed by atoms with Crippen molar-refractivity contribution in [2.45, 2.75) is 57.3 Å². The highest BCUT2D eigenvalue weighted by Crippen LogP contribution is 2.09. The number of imidazole rings is 1. The van der Waals surface area contributed by atoms with Crippen LogP contribution < -0.4 is 27.4 Å². The fourth-order valence-corrected chi connectivity index (χ4v) is 2.82. The van der Waals surface area contributed by atoms with E-state index in [0.717, 1.165) is 0 Å². The molecule has 0 radical (unpaired) electrons. The van der Waals surface area contributed by atoms with Crippen LogP contribution in [0.25, 0.3) is 0 Å². The number of hydrogen-bond acceptors (Lipinski definition) is 8. The summed E-state index contributed by atoms with van der Waals surface area (Å²) >= 11 is 0. The molecule has 5 unspecified atom stereocenters. The van der Waals surface area contributed by atoms with Crippen LogP contribution in [0.1, 0.15) is 32.4 Å². The van der Waals surface area contributed by atoms with Crippen molar-refractivity contribution in [3.05, 3.63) is 18.2 Å². The largest absolute Gasteiger partial charge is 0.480 e. The first kappa shape index (κ1) is 27.5. The lowest BCUT2D eigenvalue weighted by Gasteiger charge is -2.25. The number of nitrogens with two attached hydrogens (primary N) is 2. The van der Waals surface area contributed by atoms with E-state index in [-0.39, 0.29) is 6.42 Å². The Hall–Kier alpha value is -3.52. The van der Waals surface area contributed by atoms with Gasteiger partial charge in [-0.05, 0) is 5.92 Å². The number of carboxylic acid groups (broad SMARTS) is 1. The van der Waals surface area contributed by atoms with Crippen molar-refractivity contribution in [2.24, 2.45) is 17.4 Å². The van der Waals surface area contributed by atoms with Gasteiger partial charge in [0.15, 0.2) is 0 Å². The van der Waals surface area contributed by atoms with Gasteiger partial charge in [-0.1, -0.05) is 20.3 Å². The van der Waals surface area contributed by atoms with E-state index >= 15 is 0 Å². The predicted molar refractivity (Wildman–Crippen MR) is 114 cm³/mol. The van der Waals surface area contributed by atoms with Gasteiger partial charge in [0.05, 0.1) is 25.4 Å². The molecule has 0 fully saturated rings. The van der Waals surface area contributed by atoms with E-state index in [4.69, 9.17) is 11.5 Å². The summed E-state index contributed by atoms with van der Waals surface area (Å²) in [5.74, 6) is -5.34. The standard InChI is InChI=1S/C19H31N7O7/c1-3-9(2)15(19(32)33)26-17(30)12(5-14(21)28)24-18(31)13(7-27)25-16(29)11(20)4-10-6-22-8-23-10/h6,8-9,11-13,15,27H,3-5,7,20H2,1-2H3,(H2,21,28)(H,22,23)(H,24,31)(H,25,29)(H,26,30)(H,32,33). The SMILES string of the molecule is CCC(C)C(NC(=O)C(CC(N)=O)NC(=O)C(CO)NC(=O)C(N)Cc1cnc[nH]1)C(=O)O. The number of amides is 4. The molecule has 5 atom stereocenters. The molecule has 0 aliphatic carbocycles. The maximum atomic E-state index is 12.6. The molecule has 0 saturated heterocycles. The number of aliphatic carboxylic acids is 1. The average Bonchev–Trinajstić information content (AvgIpc) is 3.26. The van der Waals surface area contributed by atoms with Crippen molar-refractivity contribution in [1.82, 2.24) is 25.9 Å². The Kier molecular flexibility index (Phi) is 10.9. The number of aromatic amines is 1. The van der Waals surface area contributed by atoms with Crippen LogP contribution in [-0.4, -0.2) is 80.6 Å². The molecule has 0 aromatic carbocycles. The number of aliphatic hydroxyl groups excluding tert-OH is 1. The highest BCUT2D eigenvalue weighted by atomic mass is 16.4. The minimum Gasteiger partial charge on any atom is -0.480 e. The van der Waals surface area contributed by atoms with Crippen molar-refractivity contribution in [2.75, 3.05) is 6.61 Å². The smallest absolute Gasteiger partial charge is 0.326 e. The van der Waals surface area contributed by atoms with Crippen molar-refractivity contribution >= 4 is 29.6 Å². The predicted octanol–water partition coefficient (Wildman–Crippen LogP) is -3.27. The van der Waals surface area contributed by atoms with Gasteiger partial charge in [-0.2, -0.15) is 0 Å². The number of carbonyl (C=O) groups is 5. The first-order chi connectivity index (χ1) is 15.5. The van der Waals surface area contributed by atoms with Gasteiger partial charge in [-0.25, -0.2) is 9.78 Å². The maximum Gasteiger partial charge on any atom is 0.326 e. The summed E-state index contributed by atoms with van der Waals surface area (Å²) in [6, 6.07) is -5.34. The van der Waals surface area contributed by atoms with Crippen LogP contribution in [0.2, 0.25) is 0 Å². The van der Waals surface area contributed by atoms with Gasteiger partial charge < -0.3 is 42.6 Å². The summed E-state index contributed by atoms with van der Waals surface area (Å²) in [5, 5.41) is 25.6. The monoisotopic (exact) mass is 469 g/mol. The molecule has 1 aromatic rings. The molecule has 0 aliphatic rings. The van der Waals surface area contributed by atoms with Crippen molar-refractivity contribution in [1.29, 1.82) is 0 Å². The number of carboxylic acids is 1. The summed E-state index contributed by atoms with van der Waals surface area (Å²) in [7, 11) is 0. The molecule has 14 heteroatoms. The molecule has 33 heavy (non-hydrogen) atoms. The number of aliphatic hydroxyl groups is 1. The van der Waals surface area contributed by atoms with Crippen LogP contribution in [0.5, 0.6) is 0 Å². The van der Waals surface area contributed by atoms with Gasteiger partial charge in [-0.15, -0.1) is 0 Å². The van der Waals surface area contributed by atoms with Crippen LogP contribution >= 0.6 is 0 Å². The van der Waals surface area contributed by atoms with E-state index in [1.807, 2.05) is 0 Å². The topological polar surface area (TPSA) is 243 Å². The van der Waals surface area contributed by atoms with E-state index < -0.39 is 72.7 Å². The minimum absolute atomic E-state index is 0.0878. The average molecular weight is 469 g/mol. The van der Waals surface area contributed by atoms with Gasteiger partial charge in [0.1, 0.15) is 18.1 Å². The Morgan fingerprint density at radius 1 is 1.09 bits per heavy atom. The molecule has 1 heterocycles. The molecule has 0 spiro atoms. The van der Waals surface area contributed by atoms with E-state index in [1.54, 1.807) is 13.8 Å². The molecule has 4 amide bonds. The number of carbonyl (C=O) groups excluding carboxylic acids is 4. The first-order valence-corrected chi connectivity index (χ1v) is 10.3. The molecule has 10 N–H and O–H groups in total. The van der Waals surface area contributed by atoms with Crippen molar-refractivity contribution < 1.29 is 34.2 Å². The van der Waals surface area contributed by atoms with E-state index in [0.29, 0.717) is 12.1 Å². The van der Waals surface area contributed by atoms with E-state index in [2.05, 4.69) is 25.9 Å². The Morgan fingerprint density at radius 3 is 2.18 bits per heavy atom. The van der Waals surface area contributed by atoms with Crippen molar-refractivity contribution in [3.8, 4) is 0 Å². The van der Waals surface area contributed by atoms with Gasteiger partial charge in [0.25, 0.3) is 0 Å². The molecule has 0 aliphatic heterocycles. The quantitative estimate of drug-likeness (QED) is 0.136. The second-order valence-corrected chi connectivity index (χ2v) is 7.57. The highest BCUT2D eigenvalue weighted by molar-refractivity contribution is 5.96. The fourth-order valence-electron chi connectivity index (χ4n) is 2.82. The van der Waals surface area contributed by atoms with Crippen LogP contribution in [0.15, 0.2) is 12.5 Å². The Labute approximate surface area is 189 Å². The Balaban J connectivity index is 2.85. The number of aromatic nitrogens is 2. The lowest BCUT2D eigenvalue weighted by Crippen LogP contribution is -2.59. The summed E-state index contributed by atoms with van der Waals surface area (Å²) in [6.07, 6.45) is 2.78. The third-order valence-electron chi connectivity index (χ3n) is 4.96. The van der Waals surface area contributed by atoms with Crippen molar-refractivity contribution in [3.63, 3.8) is 0 Å². The second-order valence-electron chi connectivity index (χ2n) is 7.57. The number of nitrogens with one attached hydrogen (secondary N) is 4. The Morgan fingerprint density at radius 2 is 1.70 bits per heavy atom. The molecule has 14 nitrogen and oxygen atoms in total. The third kappa shape index (κ3) is 8.86. The maximum absolute atomic E-state index is 12.6. The minimum atomic E-state index is -1.52. The fraction of sp³-hybridized carbons (Fsp3) is 0.579. The van der Waals surface area contributed by atoms with Gasteiger partial charge in [-0.3, -0.25) is 19.2 Å². The zero-order chi connectivity index (χ0) is 25.1. The summed E-state index contributed by atoms with van der Waals surface area (Å²) in [4.78, 5) is 66.9. The van der Waals surface area contributed by atoms with E-state index in [1.165, 1.54) is 12.5 Å². The molecule has 0 saturated carbocycles. The number of nitrogens with zero attached hydrogens (tertiary/aromatic N) is 1. The Bertz CT molecular complexity index is 830. The normalized spacial score (nSPS) is 15.4. The van der Waals surface area contributed by atoms with Gasteiger partial charge in [0.2, 0.25) is 23.6 Å². The van der Waals surface area contributed by atoms with E-state index in [9.17, 15) is 34.2 Å². The summed E-state index contributed by atoms with van der Waals surface area (Å²) in [6.45, 7) is 2.52. The van der Waals surface area contributed by atoms with Crippen LogP contribution in [0.4, 0.5) is 0 Å². The van der Waals surface area contributed by atoms with Gasteiger partial charge in [0, 0.05) is 18.3 Å². The lowest BCUT2D eigenvalue weighted by atomic mass is 9.98. The van der Waals surface area contributed by atoms with Crippen LogP contribution in [-0.2, 0) is 30.4 Å². The number of rotatable bonds is 14. The first-order valence-electron chi connectivity index (χ1n) is 10.3. The lowest BCUT2D eigenvalue weighted by molar-refractivity contribution is -0.144. The number of primary amides is 1. The molecule has 0 bridgehead atoms.